The highest BCUT2D eigenvalue weighted by Gasteiger charge is 2.21. The van der Waals surface area contributed by atoms with Gasteiger partial charge in [-0.05, 0) is 20.8 Å². The standard InChI is InChI=1S/C10H23N3O3S/c1-6-13(4)9(14)7-11-8-10(2,3)12-17(5,15)16/h11-12H,6-8H2,1-5H3. The molecule has 7 heteroatoms. The van der Waals surface area contributed by atoms with Crippen molar-refractivity contribution >= 4 is 15.9 Å². The third-order valence-electron chi connectivity index (χ3n) is 2.20. The second-order valence-corrected chi connectivity index (χ2v) is 6.52. The van der Waals surface area contributed by atoms with Crippen molar-refractivity contribution < 1.29 is 13.2 Å². The lowest BCUT2D eigenvalue weighted by Gasteiger charge is -2.25. The molecule has 0 radical (unpaired) electrons. The number of carbonyl (C=O) groups excluding carboxylic acids is 1. The molecule has 0 atom stereocenters. The van der Waals surface area contributed by atoms with Gasteiger partial charge in [0.2, 0.25) is 15.9 Å². The predicted molar refractivity (Wildman–Crippen MR) is 68.2 cm³/mol. The van der Waals surface area contributed by atoms with E-state index in [2.05, 4.69) is 10.0 Å². The molecule has 0 fully saturated rings. The van der Waals surface area contributed by atoms with Crippen LogP contribution in [0.3, 0.4) is 0 Å². The Morgan fingerprint density at radius 2 is 1.88 bits per heavy atom. The molecule has 0 aliphatic heterocycles. The van der Waals surface area contributed by atoms with Crippen LogP contribution in [0.2, 0.25) is 0 Å². The first-order chi connectivity index (χ1) is 7.57. The molecule has 17 heavy (non-hydrogen) atoms. The van der Waals surface area contributed by atoms with E-state index in [1.165, 1.54) is 0 Å². The predicted octanol–water partition coefficient (Wildman–Crippen LogP) is -0.618. The van der Waals surface area contributed by atoms with Gasteiger partial charge in [-0.2, -0.15) is 0 Å². The Morgan fingerprint density at radius 3 is 2.29 bits per heavy atom. The first-order valence-electron chi connectivity index (χ1n) is 5.51. The number of carbonyl (C=O) groups is 1. The van der Waals surface area contributed by atoms with Crippen molar-refractivity contribution in [3.63, 3.8) is 0 Å². The quantitative estimate of drug-likeness (QED) is 0.643. The van der Waals surface area contributed by atoms with Gasteiger partial charge in [0.1, 0.15) is 0 Å². The van der Waals surface area contributed by atoms with E-state index in [9.17, 15) is 13.2 Å². The fraction of sp³-hybridized carbons (Fsp3) is 0.900. The zero-order valence-corrected chi connectivity index (χ0v) is 12.0. The van der Waals surface area contributed by atoms with Gasteiger partial charge in [0.05, 0.1) is 12.8 Å². The number of rotatable bonds is 7. The third-order valence-corrected chi connectivity index (χ3v) is 3.13. The average molecular weight is 265 g/mol. The Morgan fingerprint density at radius 1 is 1.35 bits per heavy atom. The number of nitrogens with one attached hydrogen (secondary N) is 2. The van der Waals surface area contributed by atoms with Gasteiger partial charge < -0.3 is 10.2 Å². The molecular weight excluding hydrogens is 242 g/mol. The monoisotopic (exact) mass is 265 g/mol. The van der Waals surface area contributed by atoms with Crippen LogP contribution in [0.15, 0.2) is 0 Å². The summed E-state index contributed by atoms with van der Waals surface area (Å²) < 4.78 is 24.7. The highest BCUT2D eigenvalue weighted by molar-refractivity contribution is 7.88. The Kier molecular flexibility index (Phi) is 6.08. The zero-order valence-electron chi connectivity index (χ0n) is 11.2. The summed E-state index contributed by atoms with van der Waals surface area (Å²) in [4.78, 5) is 13.1. The minimum absolute atomic E-state index is 0.0114. The maximum atomic E-state index is 11.5. The van der Waals surface area contributed by atoms with Crippen LogP contribution >= 0.6 is 0 Å². The molecule has 0 aromatic rings. The summed E-state index contributed by atoms with van der Waals surface area (Å²) in [6.07, 6.45) is 1.12. The summed E-state index contributed by atoms with van der Waals surface area (Å²) in [6, 6.07) is 0. The summed E-state index contributed by atoms with van der Waals surface area (Å²) in [5.41, 5.74) is -0.612. The Bertz CT molecular complexity index is 352. The minimum Gasteiger partial charge on any atom is -0.345 e. The van der Waals surface area contributed by atoms with Crippen molar-refractivity contribution in [1.29, 1.82) is 0 Å². The molecule has 0 rings (SSSR count). The van der Waals surface area contributed by atoms with E-state index < -0.39 is 15.6 Å². The van der Waals surface area contributed by atoms with Crippen molar-refractivity contribution in [2.24, 2.45) is 0 Å². The lowest BCUT2D eigenvalue weighted by atomic mass is 10.1. The van der Waals surface area contributed by atoms with E-state index in [4.69, 9.17) is 0 Å². The first-order valence-corrected chi connectivity index (χ1v) is 7.40. The van der Waals surface area contributed by atoms with Crippen LogP contribution in [0.1, 0.15) is 20.8 Å². The molecule has 0 aliphatic carbocycles. The Hall–Kier alpha value is -0.660. The largest absolute Gasteiger partial charge is 0.345 e. The zero-order chi connectivity index (χ0) is 13.7. The number of amides is 1. The van der Waals surface area contributed by atoms with E-state index >= 15 is 0 Å². The smallest absolute Gasteiger partial charge is 0.236 e. The number of hydrogen-bond acceptors (Lipinski definition) is 4. The van der Waals surface area contributed by atoms with E-state index in [0.717, 1.165) is 6.26 Å². The molecule has 0 saturated heterocycles. The second-order valence-electron chi connectivity index (χ2n) is 4.77. The SMILES string of the molecule is CCN(C)C(=O)CNCC(C)(C)NS(C)(=O)=O. The Balaban J connectivity index is 4.08. The summed E-state index contributed by atoms with van der Waals surface area (Å²) in [7, 11) is -1.51. The van der Waals surface area contributed by atoms with Crippen LogP contribution in [-0.4, -0.2) is 57.7 Å². The van der Waals surface area contributed by atoms with E-state index in [-0.39, 0.29) is 12.5 Å². The molecule has 0 bridgehead atoms. The lowest BCUT2D eigenvalue weighted by molar-refractivity contribution is -0.128. The molecule has 1 amide bonds. The molecule has 2 N–H and O–H groups in total. The maximum Gasteiger partial charge on any atom is 0.236 e. The van der Waals surface area contributed by atoms with Crippen molar-refractivity contribution in [2.45, 2.75) is 26.3 Å². The second kappa shape index (κ2) is 6.32. The van der Waals surface area contributed by atoms with Crippen molar-refractivity contribution in [2.75, 3.05) is 32.9 Å². The van der Waals surface area contributed by atoms with Crippen LogP contribution in [0, 0.1) is 0 Å². The summed E-state index contributed by atoms with van der Waals surface area (Å²) in [5, 5.41) is 2.95. The van der Waals surface area contributed by atoms with Gasteiger partial charge in [-0.1, -0.05) is 0 Å². The van der Waals surface area contributed by atoms with Crippen LogP contribution in [0.5, 0.6) is 0 Å². The average Bonchev–Trinajstić information content (AvgIpc) is 2.12. The molecule has 0 heterocycles. The van der Waals surface area contributed by atoms with Crippen molar-refractivity contribution in [3.8, 4) is 0 Å². The van der Waals surface area contributed by atoms with Gasteiger partial charge in [0.25, 0.3) is 0 Å². The number of nitrogens with zero attached hydrogens (tertiary/aromatic N) is 1. The van der Waals surface area contributed by atoms with Crippen LogP contribution in [0.4, 0.5) is 0 Å². The highest BCUT2D eigenvalue weighted by atomic mass is 32.2. The number of likely N-dealkylation sites (N-methyl/N-ethyl adjacent to an activating group) is 1. The topological polar surface area (TPSA) is 78.5 Å². The van der Waals surface area contributed by atoms with Gasteiger partial charge in [-0.3, -0.25) is 4.79 Å². The summed E-state index contributed by atoms with van der Waals surface area (Å²) in [5.74, 6) is -0.0114. The van der Waals surface area contributed by atoms with E-state index in [0.29, 0.717) is 13.1 Å². The minimum atomic E-state index is -3.24. The molecule has 0 aromatic carbocycles. The van der Waals surface area contributed by atoms with E-state index in [1.54, 1.807) is 25.8 Å². The lowest BCUT2D eigenvalue weighted by Crippen LogP contribution is -2.51. The maximum absolute atomic E-state index is 11.5. The van der Waals surface area contributed by atoms with Crippen molar-refractivity contribution in [3.05, 3.63) is 0 Å². The van der Waals surface area contributed by atoms with Crippen LogP contribution < -0.4 is 10.0 Å². The summed E-state index contributed by atoms with van der Waals surface area (Å²) >= 11 is 0. The van der Waals surface area contributed by atoms with Crippen LogP contribution in [-0.2, 0) is 14.8 Å². The molecule has 0 spiro atoms. The molecule has 0 aromatic heterocycles. The Labute approximate surface area is 104 Å². The normalized spacial score (nSPS) is 12.5. The summed E-state index contributed by atoms with van der Waals surface area (Å²) in [6.45, 7) is 6.67. The highest BCUT2D eigenvalue weighted by Crippen LogP contribution is 2.01. The molecular formula is C10H23N3O3S. The molecule has 0 saturated carbocycles. The molecule has 6 nitrogen and oxygen atoms in total. The van der Waals surface area contributed by atoms with Gasteiger partial charge in [0.15, 0.2) is 0 Å². The molecule has 0 unspecified atom stereocenters. The first kappa shape index (κ1) is 16.3. The number of hydrogen-bond donors (Lipinski definition) is 2. The third kappa shape index (κ3) is 8.12. The van der Waals surface area contributed by atoms with Gasteiger partial charge in [-0.15, -0.1) is 0 Å². The fourth-order valence-corrected chi connectivity index (χ4v) is 2.41. The van der Waals surface area contributed by atoms with Gasteiger partial charge in [0, 0.05) is 25.7 Å². The molecule has 0 aliphatic rings. The van der Waals surface area contributed by atoms with Gasteiger partial charge in [-0.25, -0.2) is 13.1 Å². The molecule has 102 valence electrons. The van der Waals surface area contributed by atoms with Gasteiger partial charge >= 0.3 is 0 Å². The van der Waals surface area contributed by atoms with Crippen LogP contribution in [0.25, 0.3) is 0 Å². The van der Waals surface area contributed by atoms with E-state index in [1.807, 2.05) is 6.92 Å². The fourth-order valence-electron chi connectivity index (χ4n) is 1.33. The van der Waals surface area contributed by atoms with Crippen molar-refractivity contribution in [1.82, 2.24) is 14.9 Å². The number of sulfonamides is 1.